The summed E-state index contributed by atoms with van der Waals surface area (Å²) in [7, 11) is 0. The summed E-state index contributed by atoms with van der Waals surface area (Å²) in [6.07, 6.45) is 0. The molecule has 1 rings (SSSR count). The molecule has 98 valence electrons. The zero-order valence-electron chi connectivity index (χ0n) is 11.6. The number of likely N-dealkylation sites (N-methyl/N-ethyl adjacent to an activating group) is 1. The molecule has 0 aliphatic rings. The Bertz CT molecular complexity index is 374. The zero-order valence-corrected chi connectivity index (χ0v) is 11.6. The maximum Gasteiger partial charge on any atom is 0.121 e. The molecule has 0 aliphatic carbocycles. The standard InChI is InChI=1S/C15H23N3/c1-4-18(5-2)11-10-17-15(12-16)14-8-6-13(3)7-9-14/h6-9,15,17H,4-5,10-11H2,1-3H3. The molecule has 0 spiro atoms. The van der Waals surface area contributed by atoms with Crippen LogP contribution < -0.4 is 5.32 Å². The van der Waals surface area contributed by atoms with Crippen molar-refractivity contribution < 1.29 is 0 Å². The number of rotatable bonds is 7. The first-order valence-electron chi connectivity index (χ1n) is 6.63. The fourth-order valence-electron chi connectivity index (χ4n) is 1.90. The van der Waals surface area contributed by atoms with Crippen molar-refractivity contribution >= 4 is 0 Å². The number of hydrogen-bond donors (Lipinski definition) is 1. The molecule has 0 amide bonds. The van der Waals surface area contributed by atoms with E-state index in [4.69, 9.17) is 0 Å². The van der Waals surface area contributed by atoms with E-state index in [0.29, 0.717) is 0 Å². The Morgan fingerprint density at radius 1 is 1.22 bits per heavy atom. The monoisotopic (exact) mass is 245 g/mol. The molecular weight excluding hydrogens is 222 g/mol. The third-order valence-electron chi connectivity index (χ3n) is 3.21. The average molecular weight is 245 g/mol. The highest BCUT2D eigenvalue weighted by atomic mass is 15.1. The SMILES string of the molecule is CCN(CC)CCNC(C#N)c1ccc(C)cc1. The molecule has 0 saturated carbocycles. The summed E-state index contributed by atoms with van der Waals surface area (Å²) in [5.74, 6) is 0. The van der Waals surface area contributed by atoms with Gasteiger partial charge in [0.1, 0.15) is 6.04 Å². The number of hydrogen-bond acceptors (Lipinski definition) is 3. The van der Waals surface area contributed by atoms with Crippen molar-refractivity contribution in [1.29, 1.82) is 5.26 Å². The largest absolute Gasteiger partial charge is 0.303 e. The highest BCUT2D eigenvalue weighted by molar-refractivity contribution is 5.27. The molecule has 3 heteroatoms. The molecule has 18 heavy (non-hydrogen) atoms. The summed E-state index contributed by atoms with van der Waals surface area (Å²) >= 11 is 0. The second-order valence-corrected chi connectivity index (χ2v) is 4.45. The van der Waals surface area contributed by atoms with E-state index in [0.717, 1.165) is 31.7 Å². The van der Waals surface area contributed by atoms with Gasteiger partial charge >= 0.3 is 0 Å². The normalized spacial score (nSPS) is 12.4. The molecule has 0 aromatic heterocycles. The van der Waals surface area contributed by atoms with Gasteiger partial charge in [-0.05, 0) is 25.6 Å². The van der Waals surface area contributed by atoms with Crippen LogP contribution in [0, 0.1) is 18.3 Å². The topological polar surface area (TPSA) is 39.1 Å². The van der Waals surface area contributed by atoms with E-state index in [-0.39, 0.29) is 6.04 Å². The van der Waals surface area contributed by atoms with Gasteiger partial charge in [0.2, 0.25) is 0 Å². The smallest absolute Gasteiger partial charge is 0.121 e. The lowest BCUT2D eigenvalue weighted by Crippen LogP contribution is -2.33. The number of aryl methyl sites for hydroxylation is 1. The second kappa shape index (κ2) is 7.86. The van der Waals surface area contributed by atoms with Gasteiger partial charge < -0.3 is 4.90 Å². The van der Waals surface area contributed by atoms with Gasteiger partial charge in [-0.3, -0.25) is 5.32 Å². The third-order valence-corrected chi connectivity index (χ3v) is 3.21. The lowest BCUT2D eigenvalue weighted by atomic mass is 10.1. The molecule has 1 aromatic rings. The molecular formula is C15H23N3. The van der Waals surface area contributed by atoms with Crippen LogP contribution in [0.5, 0.6) is 0 Å². The van der Waals surface area contributed by atoms with E-state index in [1.807, 2.05) is 24.3 Å². The van der Waals surface area contributed by atoms with Crippen molar-refractivity contribution in [2.45, 2.75) is 26.8 Å². The summed E-state index contributed by atoms with van der Waals surface area (Å²) in [6, 6.07) is 10.2. The summed E-state index contributed by atoms with van der Waals surface area (Å²) in [4.78, 5) is 2.34. The quantitative estimate of drug-likeness (QED) is 0.802. The van der Waals surface area contributed by atoms with Crippen LogP contribution in [-0.4, -0.2) is 31.1 Å². The first kappa shape index (κ1) is 14.7. The van der Waals surface area contributed by atoms with Crippen molar-refractivity contribution in [2.75, 3.05) is 26.2 Å². The van der Waals surface area contributed by atoms with Crippen molar-refractivity contribution in [1.82, 2.24) is 10.2 Å². The molecule has 1 unspecified atom stereocenters. The van der Waals surface area contributed by atoms with Gasteiger partial charge in [-0.25, -0.2) is 0 Å². The second-order valence-electron chi connectivity index (χ2n) is 4.45. The maximum absolute atomic E-state index is 9.20. The van der Waals surface area contributed by atoms with Crippen molar-refractivity contribution in [3.63, 3.8) is 0 Å². The minimum Gasteiger partial charge on any atom is -0.303 e. The van der Waals surface area contributed by atoms with E-state index in [1.165, 1.54) is 5.56 Å². The van der Waals surface area contributed by atoms with Crippen LogP contribution in [0.2, 0.25) is 0 Å². The van der Waals surface area contributed by atoms with Crippen LogP contribution in [0.4, 0.5) is 0 Å². The zero-order chi connectivity index (χ0) is 13.4. The van der Waals surface area contributed by atoms with Crippen LogP contribution in [0.3, 0.4) is 0 Å². The fraction of sp³-hybridized carbons (Fsp3) is 0.533. The van der Waals surface area contributed by atoms with E-state index in [2.05, 4.69) is 37.1 Å². The van der Waals surface area contributed by atoms with Crippen molar-refractivity contribution in [2.24, 2.45) is 0 Å². The first-order chi connectivity index (χ1) is 8.71. The van der Waals surface area contributed by atoms with Crippen molar-refractivity contribution in [3.8, 4) is 6.07 Å². The highest BCUT2D eigenvalue weighted by Crippen LogP contribution is 2.12. The number of benzene rings is 1. The van der Waals surface area contributed by atoms with Crippen LogP contribution in [0.15, 0.2) is 24.3 Å². The minimum absolute atomic E-state index is 0.207. The van der Waals surface area contributed by atoms with Crippen LogP contribution >= 0.6 is 0 Å². The average Bonchev–Trinajstić information content (AvgIpc) is 2.41. The summed E-state index contributed by atoms with van der Waals surface area (Å²) < 4.78 is 0. The molecule has 0 fully saturated rings. The lowest BCUT2D eigenvalue weighted by molar-refractivity contribution is 0.300. The summed E-state index contributed by atoms with van der Waals surface area (Å²) in [5, 5.41) is 12.5. The van der Waals surface area contributed by atoms with Crippen molar-refractivity contribution in [3.05, 3.63) is 35.4 Å². The molecule has 0 heterocycles. The van der Waals surface area contributed by atoms with Crippen LogP contribution in [0.25, 0.3) is 0 Å². The van der Waals surface area contributed by atoms with Gasteiger partial charge in [-0.1, -0.05) is 43.7 Å². The van der Waals surface area contributed by atoms with E-state index >= 15 is 0 Å². The summed E-state index contributed by atoms with van der Waals surface area (Å²) in [5.41, 5.74) is 2.27. The molecule has 1 N–H and O–H groups in total. The molecule has 3 nitrogen and oxygen atoms in total. The van der Waals surface area contributed by atoms with E-state index in [9.17, 15) is 5.26 Å². The maximum atomic E-state index is 9.20. The van der Waals surface area contributed by atoms with Gasteiger partial charge in [-0.15, -0.1) is 0 Å². The Morgan fingerprint density at radius 2 is 1.83 bits per heavy atom. The Hall–Kier alpha value is -1.37. The van der Waals surface area contributed by atoms with Gasteiger partial charge in [-0.2, -0.15) is 5.26 Å². The Balaban J connectivity index is 2.48. The molecule has 0 aliphatic heterocycles. The van der Waals surface area contributed by atoms with Gasteiger partial charge in [0.25, 0.3) is 0 Å². The minimum atomic E-state index is -0.207. The number of nitrogens with zero attached hydrogens (tertiary/aromatic N) is 2. The molecule has 1 atom stereocenters. The molecule has 1 aromatic carbocycles. The summed E-state index contributed by atoms with van der Waals surface area (Å²) in [6.45, 7) is 10.3. The lowest BCUT2D eigenvalue weighted by Gasteiger charge is -2.19. The van der Waals surface area contributed by atoms with Gasteiger partial charge in [0.15, 0.2) is 0 Å². The Kier molecular flexibility index (Phi) is 6.42. The molecule has 0 bridgehead atoms. The number of nitrogens with one attached hydrogen (secondary N) is 1. The third kappa shape index (κ3) is 4.48. The molecule has 0 saturated heterocycles. The Morgan fingerprint density at radius 3 is 2.33 bits per heavy atom. The van der Waals surface area contributed by atoms with E-state index in [1.54, 1.807) is 0 Å². The fourth-order valence-corrected chi connectivity index (χ4v) is 1.90. The predicted molar refractivity (Wildman–Crippen MR) is 75.3 cm³/mol. The van der Waals surface area contributed by atoms with Crippen LogP contribution in [-0.2, 0) is 0 Å². The highest BCUT2D eigenvalue weighted by Gasteiger charge is 2.09. The van der Waals surface area contributed by atoms with Gasteiger partial charge in [0.05, 0.1) is 6.07 Å². The molecule has 0 radical (unpaired) electrons. The predicted octanol–water partition coefficient (Wildman–Crippen LogP) is 2.49. The van der Waals surface area contributed by atoms with E-state index < -0.39 is 0 Å². The van der Waals surface area contributed by atoms with Gasteiger partial charge in [0, 0.05) is 13.1 Å². The Labute approximate surface area is 110 Å². The first-order valence-corrected chi connectivity index (χ1v) is 6.63. The van der Waals surface area contributed by atoms with Crippen LogP contribution in [0.1, 0.15) is 31.0 Å². The number of nitriles is 1.